The zero-order valence-corrected chi connectivity index (χ0v) is 18.1. The minimum atomic E-state index is -1.03. The Hall–Kier alpha value is -3.86. The minimum absolute atomic E-state index is 0.255. The van der Waals surface area contributed by atoms with E-state index < -0.39 is 29.8 Å². The molecule has 0 unspecified atom stereocenters. The van der Waals surface area contributed by atoms with Crippen LogP contribution in [0.1, 0.15) is 0 Å². The number of hydrogen-bond donors (Lipinski definition) is 1. The average Bonchev–Trinajstić information content (AvgIpc) is 3.32. The quantitative estimate of drug-likeness (QED) is 0.662. The van der Waals surface area contributed by atoms with Crippen LogP contribution >= 0.6 is 11.6 Å². The molecule has 33 heavy (non-hydrogen) atoms. The van der Waals surface area contributed by atoms with E-state index in [1.54, 1.807) is 30.3 Å². The van der Waals surface area contributed by atoms with Gasteiger partial charge in [0.25, 0.3) is 11.8 Å². The molecule has 1 N–H and O–H groups in total. The number of fused-ring (bicyclic) bond motifs is 2. The van der Waals surface area contributed by atoms with Gasteiger partial charge in [-0.15, -0.1) is 0 Å². The van der Waals surface area contributed by atoms with E-state index in [1.165, 1.54) is 18.2 Å². The van der Waals surface area contributed by atoms with Crippen molar-refractivity contribution in [2.75, 3.05) is 37.1 Å². The highest BCUT2D eigenvalue weighted by Gasteiger charge is 2.55. The van der Waals surface area contributed by atoms with Gasteiger partial charge in [-0.25, -0.2) is 4.90 Å². The van der Waals surface area contributed by atoms with Crippen molar-refractivity contribution in [3.63, 3.8) is 0 Å². The highest BCUT2D eigenvalue weighted by molar-refractivity contribution is 6.33. The van der Waals surface area contributed by atoms with E-state index in [-0.39, 0.29) is 11.6 Å². The first-order valence-electron chi connectivity index (χ1n) is 10.0. The Balaban J connectivity index is 1.29. The molecule has 170 valence electrons. The molecule has 0 spiro atoms. The zero-order chi connectivity index (χ0) is 23.1. The molecule has 3 aliphatic heterocycles. The molecule has 3 heterocycles. The Morgan fingerprint density at radius 3 is 2.70 bits per heavy atom. The van der Waals surface area contributed by atoms with E-state index in [0.29, 0.717) is 41.8 Å². The first kappa shape index (κ1) is 21.0. The lowest BCUT2D eigenvalue weighted by atomic mass is 10.1. The third-order valence-corrected chi connectivity index (χ3v) is 5.68. The van der Waals surface area contributed by atoms with E-state index in [2.05, 4.69) is 15.7 Å². The number of carbonyl (C=O) groups excluding carboxylic acids is 3. The summed E-state index contributed by atoms with van der Waals surface area (Å²) in [5.41, 5.74) is 0.793. The van der Waals surface area contributed by atoms with Crippen LogP contribution < -0.4 is 24.4 Å². The SMILES string of the molecule is COc1ccc(N2C(=O)[C@@H]3[C@@H](N=NN3CC(=O)Nc3ccc4c(c3)OCCO4)C2=O)cc1Cl. The molecular formula is C21H18ClN5O6. The Morgan fingerprint density at radius 2 is 1.94 bits per heavy atom. The lowest BCUT2D eigenvalue weighted by Gasteiger charge is -2.21. The van der Waals surface area contributed by atoms with Gasteiger partial charge in [-0.1, -0.05) is 16.8 Å². The molecule has 0 aromatic heterocycles. The highest BCUT2D eigenvalue weighted by Crippen LogP contribution is 2.36. The summed E-state index contributed by atoms with van der Waals surface area (Å²) < 4.78 is 16.1. The topological polar surface area (TPSA) is 122 Å². The van der Waals surface area contributed by atoms with Crippen LogP contribution in [0.4, 0.5) is 11.4 Å². The number of benzene rings is 2. The first-order chi connectivity index (χ1) is 16.0. The molecule has 3 aliphatic rings. The van der Waals surface area contributed by atoms with Crippen LogP contribution in [0.3, 0.4) is 0 Å². The summed E-state index contributed by atoms with van der Waals surface area (Å²) in [7, 11) is 1.46. The molecule has 3 amide bonds. The van der Waals surface area contributed by atoms with E-state index >= 15 is 0 Å². The Labute approximate surface area is 192 Å². The molecule has 2 atom stereocenters. The van der Waals surface area contributed by atoms with Gasteiger partial charge in [-0.3, -0.25) is 19.4 Å². The molecule has 0 bridgehead atoms. The highest BCUT2D eigenvalue weighted by atomic mass is 35.5. The number of imide groups is 1. The maximum absolute atomic E-state index is 13.1. The second-order valence-corrected chi connectivity index (χ2v) is 7.84. The molecule has 0 radical (unpaired) electrons. The summed E-state index contributed by atoms with van der Waals surface area (Å²) in [5, 5.41) is 12.0. The number of carbonyl (C=O) groups is 3. The molecule has 5 rings (SSSR count). The van der Waals surface area contributed by atoms with Crippen LogP contribution in [0.2, 0.25) is 5.02 Å². The fourth-order valence-electron chi connectivity index (χ4n) is 3.87. The summed E-state index contributed by atoms with van der Waals surface area (Å²) in [6.07, 6.45) is 0. The predicted octanol–water partition coefficient (Wildman–Crippen LogP) is 2.05. The minimum Gasteiger partial charge on any atom is -0.495 e. The average molecular weight is 472 g/mol. The van der Waals surface area contributed by atoms with Gasteiger partial charge in [0.15, 0.2) is 23.6 Å². The third-order valence-electron chi connectivity index (χ3n) is 5.38. The van der Waals surface area contributed by atoms with Crippen molar-refractivity contribution in [3.05, 3.63) is 41.4 Å². The van der Waals surface area contributed by atoms with E-state index in [0.717, 1.165) is 4.90 Å². The van der Waals surface area contributed by atoms with Gasteiger partial charge in [0.2, 0.25) is 5.91 Å². The van der Waals surface area contributed by atoms with Gasteiger partial charge >= 0.3 is 0 Å². The van der Waals surface area contributed by atoms with Crippen LogP contribution in [-0.4, -0.2) is 61.7 Å². The number of rotatable bonds is 5. The van der Waals surface area contributed by atoms with Gasteiger partial charge in [0.1, 0.15) is 25.5 Å². The maximum atomic E-state index is 13.1. The van der Waals surface area contributed by atoms with E-state index in [4.69, 9.17) is 25.8 Å². The molecule has 1 saturated heterocycles. The summed E-state index contributed by atoms with van der Waals surface area (Å²) in [4.78, 5) is 39.5. The zero-order valence-electron chi connectivity index (χ0n) is 17.4. The van der Waals surface area contributed by atoms with Gasteiger partial charge in [-0.2, -0.15) is 5.11 Å². The molecule has 2 aromatic carbocycles. The molecule has 0 aliphatic carbocycles. The Bertz CT molecular complexity index is 1190. The Morgan fingerprint density at radius 1 is 1.15 bits per heavy atom. The molecular weight excluding hydrogens is 454 g/mol. The number of halogens is 1. The molecule has 12 heteroatoms. The lowest BCUT2D eigenvalue weighted by Crippen LogP contribution is -2.43. The van der Waals surface area contributed by atoms with Crippen molar-refractivity contribution in [1.82, 2.24) is 5.01 Å². The van der Waals surface area contributed by atoms with Crippen LogP contribution in [0.25, 0.3) is 0 Å². The summed E-state index contributed by atoms with van der Waals surface area (Å²) >= 11 is 6.15. The predicted molar refractivity (Wildman–Crippen MR) is 116 cm³/mol. The number of ether oxygens (including phenoxy) is 3. The van der Waals surface area contributed by atoms with Crippen molar-refractivity contribution in [1.29, 1.82) is 0 Å². The first-order valence-corrected chi connectivity index (χ1v) is 10.4. The van der Waals surface area contributed by atoms with Gasteiger partial charge in [0.05, 0.1) is 17.8 Å². The van der Waals surface area contributed by atoms with Crippen molar-refractivity contribution in [2.45, 2.75) is 12.1 Å². The van der Waals surface area contributed by atoms with Gasteiger partial charge < -0.3 is 19.5 Å². The summed E-state index contributed by atoms with van der Waals surface area (Å²) in [6.45, 7) is 0.622. The van der Waals surface area contributed by atoms with Crippen molar-refractivity contribution in [2.24, 2.45) is 10.3 Å². The van der Waals surface area contributed by atoms with Crippen molar-refractivity contribution >= 4 is 40.7 Å². The number of nitrogens with one attached hydrogen (secondary N) is 1. The standard InChI is InChI=1S/C21H18ClN5O6/c1-31-14-5-3-12(9-13(14)22)27-20(29)18-19(21(27)30)26(25-24-18)10-17(28)23-11-2-4-15-16(8-11)33-7-6-32-15/h2-5,8-9,18-19H,6-7,10H2,1H3,(H,23,28)/t18-,19+/m1/s1. The fourth-order valence-corrected chi connectivity index (χ4v) is 4.12. The largest absolute Gasteiger partial charge is 0.495 e. The van der Waals surface area contributed by atoms with E-state index in [1.807, 2.05) is 0 Å². The van der Waals surface area contributed by atoms with Crippen LogP contribution in [-0.2, 0) is 14.4 Å². The second kappa shape index (κ2) is 8.24. The molecule has 1 fully saturated rings. The van der Waals surface area contributed by atoms with Crippen molar-refractivity contribution in [3.8, 4) is 17.2 Å². The number of methoxy groups -OCH3 is 1. The van der Waals surface area contributed by atoms with Gasteiger partial charge in [0, 0.05) is 11.8 Å². The normalized spacial score (nSPS) is 20.8. The van der Waals surface area contributed by atoms with Crippen LogP contribution in [0.15, 0.2) is 46.7 Å². The summed E-state index contributed by atoms with van der Waals surface area (Å²) in [5.74, 6) is 0.0388. The molecule has 0 saturated carbocycles. The van der Waals surface area contributed by atoms with Crippen LogP contribution in [0.5, 0.6) is 17.2 Å². The lowest BCUT2D eigenvalue weighted by molar-refractivity contribution is -0.123. The second-order valence-electron chi connectivity index (χ2n) is 7.43. The fraction of sp³-hybridized carbons (Fsp3) is 0.286. The molecule has 2 aromatic rings. The number of amides is 3. The van der Waals surface area contributed by atoms with E-state index in [9.17, 15) is 14.4 Å². The summed E-state index contributed by atoms with van der Waals surface area (Å²) in [6, 6.07) is 7.58. The smallest absolute Gasteiger partial charge is 0.263 e. The molecule has 11 nitrogen and oxygen atoms in total. The van der Waals surface area contributed by atoms with Gasteiger partial charge in [-0.05, 0) is 30.3 Å². The monoisotopic (exact) mass is 471 g/mol. The number of hydrogen-bond acceptors (Lipinski definition) is 9. The number of anilines is 2. The Kier molecular flexibility index (Phi) is 5.25. The van der Waals surface area contributed by atoms with Crippen LogP contribution in [0, 0.1) is 0 Å². The maximum Gasteiger partial charge on any atom is 0.263 e. The number of nitrogens with zero attached hydrogens (tertiary/aromatic N) is 4. The third kappa shape index (κ3) is 3.69. The van der Waals surface area contributed by atoms with Crippen molar-refractivity contribution < 1.29 is 28.6 Å².